The molecular formula is C10H10BrNO4. The lowest BCUT2D eigenvalue weighted by Crippen LogP contribution is -2.32. The highest BCUT2D eigenvalue weighted by atomic mass is 79.9. The largest absolute Gasteiger partial charge is 0.480 e. The fraction of sp³-hybridized carbons (Fsp3) is 0.300. The van der Waals surface area contributed by atoms with Crippen molar-refractivity contribution in [3.8, 4) is 11.5 Å². The van der Waals surface area contributed by atoms with Crippen LogP contribution in [-0.2, 0) is 11.2 Å². The van der Waals surface area contributed by atoms with Crippen molar-refractivity contribution in [1.82, 2.24) is 0 Å². The maximum absolute atomic E-state index is 10.6. The summed E-state index contributed by atoms with van der Waals surface area (Å²) in [6, 6.07) is 2.62. The first kappa shape index (κ1) is 11.2. The molecule has 86 valence electrons. The molecule has 5 nitrogen and oxygen atoms in total. The zero-order valence-electron chi connectivity index (χ0n) is 8.27. The van der Waals surface area contributed by atoms with E-state index in [9.17, 15) is 4.79 Å². The number of fused-ring (bicyclic) bond motifs is 1. The Labute approximate surface area is 100 Å². The Morgan fingerprint density at radius 3 is 3.00 bits per heavy atom. The van der Waals surface area contributed by atoms with Crippen molar-refractivity contribution in [2.75, 3.05) is 6.79 Å². The number of carbonyl (C=O) groups is 1. The lowest BCUT2D eigenvalue weighted by atomic mass is 10.1. The number of carboxylic acid groups (broad SMARTS) is 1. The molecule has 0 fully saturated rings. The molecular weight excluding hydrogens is 278 g/mol. The third-order valence-corrected chi connectivity index (χ3v) is 2.85. The van der Waals surface area contributed by atoms with Gasteiger partial charge in [0, 0.05) is 0 Å². The van der Waals surface area contributed by atoms with Crippen LogP contribution in [0.1, 0.15) is 5.56 Å². The summed E-state index contributed by atoms with van der Waals surface area (Å²) in [7, 11) is 0. The fourth-order valence-corrected chi connectivity index (χ4v) is 2.08. The minimum atomic E-state index is -1.02. The van der Waals surface area contributed by atoms with Gasteiger partial charge in [0.25, 0.3) is 0 Å². The van der Waals surface area contributed by atoms with E-state index in [1.165, 1.54) is 0 Å². The molecule has 0 unspecified atom stereocenters. The summed E-state index contributed by atoms with van der Waals surface area (Å²) in [4.78, 5) is 10.6. The van der Waals surface area contributed by atoms with Gasteiger partial charge in [-0.05, 0) is 40.0 Å². The van der Waals surface area contributed by atoms with Crippen LogP contribution in [-0.4, -0.2) is 23.9 Å². The van der Waals surface area contributed by atoms with Crippen molar-refractivity contribution < 1.29 is 19.4 Å². The first-order valence-electron chi connectivity index (χ1n) is 4.64. The Hall–Kier alpha value is -1.27. The topological polar surface area (TPSA) is 81.8 Å². The van der Waals surface area contributed by atoms with E-state index in [0.29, 0.717) is 11.5 Å². The standard InChI is InChI=1S/C10H10BrNO4/c11-6-1-5(2-7(12)10(13)14)3-8-9(6)16-4-15-8/h1,3,7H,2,4,12H2,(H,13,14)/t7-/m1/s1. The molecule has 6 heteroatoms. The molecule has 1 aromatic rings. The molecule has 0 radical (unpaired) electrons. The van der Waals surface area contributed by atoms with Crippen molar-refractivity contribution >= 4 is 21.9 Å². The number of nitrogens with two attached hydrogens (primary N) is 1. The quantitative estimate of drug-likeness (QED) is 0.871. The fourth-order valence-electron chi connectivity index (χ4n) is 1.48. The minimum Gasteiger partial charge on any atom is -0.480 e. The number of benzene rings is 1. The lowest BCUT2D eigenvalue weighted by molar-refractivity contribution is -0.138. The SMILES string of the molecule is N[C@H](Cc1cc(Br)c2c(c1)OCO2)C(=O)O. The summed E-state index contributed by atoms with van der Waals surface area (Å²) < 4.78 is 11.2. The molecule has 0 amide bonds. The first-order chi connectivity index (χ1) is 7.58. The molecule has 1 aliphatic rings. The minimum absolute atomic E-state index is 0.183. The van der Waals surface area contributed by atoms with Gasteiger partial charge in [-0.3, -0.25) is 4.79 Å². The van der Waals surface area contributed by atoms with Gasteiger partial charge < -0.3 is 20.3 Å². The molecule has 0 saturated heterocycles. The van der Waals surface area contributed by atoms with Gasteiger partial charge in [0.15, 0.2) is 11.5 Å². The molecule has 0 aliphatic carbocycles. The number of ether oxygens (including phenoxy) is 2. The number of aliphatic carboxylic acids is 1. The second-order valence-corrected chi connectivity index (χ2v) is 4.31. The Balaban J connectivity index is 2.23. The van der Waals surface area contributed by atoms with E-state index in [-0.39, 0.29) is 13.2 Å². The van der Waals surface area contributed by atoms with E-state index >= 15 is 0 Å². The summed E-state index contributed by atoms with van der Waals surface area (Å²) in [5, 5.41) is 8.71. The zero-order chi connectivity index (χ0) is 11.7. The van der Waals surface area contributed by atoms with Crippen LogP contribution >= 0.6 is 15.9 Å². The number of hydrogen-bond donors (Lipinski definition) is 2. The lowest BCUT2D eigenvalue weighted by Gasteiger charge is -2.08. The van der Waals surface area contributed by atoms with Gasteiger partial charge >= 0.3 is 5.97 Å². The highest BCUT2D eigenvalue weighted by molar-refractivity contribution is 9.10. The molecule has 0 spiro atoms. The van der Waals surface area contributed by atoms with E-state index in [4.69, 9.17) is 20.3 Å². The molecule has 0 saturated carbocycles. The number of carboxylic acids is 1. The van der Waals surface area contributed by atoms with E-state index in [2.05, 4.69) is 15.9 Å². The van der Waals surface area contributed by atoms with Crippen LogP contribution in [0, 0.1) is 0 Å². The van der Waals surface area contributed by atoms with Crippen LogP contribution in [0.2, 0.25) is 0 Å². The average molecular weight is 288 g/mol. The van der Waals surface area contributed by atoms with Gasteiger partial charge in [0.05, 0.1) is 4.47 Å². The molecule has 1 heterocycles. The van der Waals surface area contributed by atoms with Crippen molar-refractivity contribution in [2.24, 2.45) is 5.73 Å². The molecule has 0 aromatic heterocycles. The van der Waals surface area contributed by atoms with Crippen molar-refractivity contribution in [3.05, 3.63) is 22.2 Å². The number of halogens is 1. The second-order valence-electron chi connectivity index (χ2n) is 3.46. The Bertz CT molecular complexity index is 435. The summed E-state index contributed by atoms with van der Waals surface area (Å²) in [6.07, 6.45) is 0.255. The van der Waals surface area contributed by atoms with Gasteiger partial charge in [-0.15, -0.1) is 0 Å². The van der Waals surface area contributed by atoms with Gasteiger partial charge in [-0.1, -0.05) is 0 Å². The zero-order valence-corrected chi connectivity index (χ0v) is 9.86. The van der Waals surface area contributed by atoms with Crippen molar-refractivity contribution in [2.45, 2.75) is 12.5 Å². The Kier molecular flexibility index (Phi) is 3.02. The Morgan fingerprint density at radius 1 is 1.56 bits per heavy atom. The molecule has 1 aromatic carbocycles. The van der Waals surface area contributed by atoms with Gasteiger partial charge in [0.2, 0.25) is 6.79 Å². The Morgan fingerprint density at radius 2 is 2.31 bits per heavy atom. The van der Waals surface area contributed by atoms with Crippen LogP contribution in [0.15, 0.2) is 16.6 Å². The van der Waals surface area contributed by atoms with Gasteiger partial charge in [-0.25, -0.2) is 0 Å². The molecule has 0 bridgehead atoms. The van der Waals surface area contributed by atoms with E-state index in [1.807, 2.05) is 0 Å². The smallest absolute Gasteiger partial charge is 0.320 e. The van der Waals surface area contributed by atoms with Crippen molar-refractivity contribution in [3.63, 3.8) is 0 Å². The predicted octanol–water partition coefficient (Wildman–Crippen LogP) is 1.13. The van der Waals surface area contributed by atoms with Gasteiger partial charge in [-0.2, -0.15) is 0 Å². The predicted molar refractivity (Wildman–Crippen MR) is 59.6 cm³/mol. The van der Waals surface area contributed by atoms with E-state index in [0.717, 1.165) is 10.0 Å². The maximum atomic E-state index is 10.6. The monoisotopic (exact) mass is 287 g/mol. The summed E-state index contributed by atoms with van der Waals surface area (Å²) >= 11 is 3.33. The van der Waals surface area contributed by atoms with E-state index in [1.54, 1.807) is 12.1 Å². The summed E-state index contributed by atoms with van der Waals surface area (Å²) in [5.74, 6) is 0.239. The van der Waals surface area contributed by atoms with Crippen LogP contribution in [0.3, 0.4) is 0 Å². The van der Waals surface area contributed by atoms with Crippen LogP contribution < -0.4 is 15.2 Å². The van der Waals surface area contributed by atoms with E-state index < -0.39 is 12.0 Å². The summed E-state index contributed by atoms with van der Waals surface area (Å²) in [6.45, 7) is 0.183. The number of rotatable bonds is 3. The highest BCUT2D eigenvalue weighted by Gasteiger charge is 2.20. The normalized spacial score (nSPS) is 14.9. The first-order valence-corrected chi connectivity index (χ1v) is 5.43. The average Bonchev–Trinajstić information content (AvgIpc) is 2.65. The second kappa shape index (κ2) is 4.31. The summed E-state index contributed by atoms with van der Waals surface area (Å²) in [5.41, 5.74) is 6.25. The van der Waals surface area contributed by atoms with Crippen molar-refractivity contribution in [1.29, 1.82) is 0 Å². The van der Waals surface area contributed by atoms with Crippen LogP contribution in [0.25, 0.3) is 0 Å². The molecule has 2 rings (SSSR count). The number of hydrogen-bond acceptors (Lipinski definition) is 4. The molecule has 1 aliphatic heterocycles. The highest BCUT2D eigenvalue weighted by Crippen LogP contribution is 2.40. The third kappa shape index (κ3) is 2.12. The third-order valence-electron chi connectivity index (χ3n) is 2.26. The van der Waals surface area contributed by atoms with Crippen LogP contribution in [0.4, 0.5) is 0 Å². The van der Waals surface area contributed by atoms with Crippen LogP contribution in [0.5, 0.6) is 11.5 Å². The molecule has 3 N–H and O–H groups in total. The maximum Gasteiger partial charge on any atom is 0.320 e. The molecule has 1 atom stereocenters. The molecule has 16 heavy (non-hydrogen) atoms. The van der Waals surface area contributed by atoms with Gasteiger partial charge in [0.1, 0.15) is 6.04 Å².